The van der Waals surface area contributed by atoms with Gasteiger partial charge in [-0.2, -0.15) is 0 Å². The van der Waals surface area contributed by atoms with E-state index in [1.807, 2.05) is 4.90 Å². The van der Waals surface area contributed by atoms with Crippen LogP contribution >= 0.6 is 11.6 Å². The van der Waals surface area contributed by atoms with Gasteiger partial charge >= 0.3 is 0 Å². The zero-order chi connectivity index (χ0) is 19.0. The molecule has 3 heterocycles. The van der Waals surface area contributed by atoms with Crippen molar-refractivity contribution in [2.45, 2.75) is 12.5 Å². The van der Waals surface area contributed by atoms with Crippen molar-refractivity contribution in [1.29, 1.82) is 0 Å². The van der Waals surface area contributed by atoms with Crippen LogP contribution in [0, 0.1) is 0 Å². The van der Waals surface area contributed by atoms with E-state index in [1.54, 1.807) is 30.3 Å². The summed E-state index contributed by atoms with van der Waals surface area (Å²) in [6, 6.07) is 9.89. The van der Waals surface area contributed by atoms with Crippen LogP contribution in [-0.4, -0.2) is 49.5 Å². The molecule has 0 spiro atoms. The highest BCUT2D eigenvalue weighted by Gasteiger charge is 2.24. The molecule has 0 amide bonds. The number of benzene rings is 1. The van der Waals surface area contributed by atoms with Crippen molar-refractivity contribution >= 4 is 17.4 Å². The summed E-state index contributed by atoms with van der Waals surface area (Å²) < 4.78 is 0. The molecular weight excluding hydrogens is 368 g/mol. The fourth-order valence-electron chi connectivity index (χ4n) is 3.10. The van der Waals surface area contributed by atoms with Gasteiger partial charge in [-0.3, -0.25) is 0 Å². The minimum atomic E-state index is -0.414. The average molecular weight is 385 g/mol. The van der Waals surface area contributed by atoms with E-state index in [2.05, 4.69) is 15.0 Å². The van der Waals surface area contributed by atoms with E-state index >= 15 is 0 Å². The molecule has 0 bridgehead atoms. The predicted molar refractivity (Wildman–Crippen MR) is 102 cm³/mol. The summed E-state index contributed by atoms with van der Waals surface area (Å²) >= 11 is 5.93. The second-order valence-electron chi connectivity index (χ2n) is 6.36. The van der Waals surface area contributed by atoms with Gasteiger partial charge in [0.05, 0.1) is 17.4 Å². The Labute approximate surface area is 160 Å². The van der Waals surface area contributed by atoms with Crippen LogP contribution in [0.2, 0.25) is 5.02 Å². The quantitative estimate of drug-likeness (QED) is 0.638. The van der Waals surface area contributed by atoms with Gasteiger partial charge in [0.2, 0.25) is 5.88 Å². The molecule has 2 aromatic heterocycles. The van der Waals surface area contributed by atoms with Crippen molar-refractivity contribution in [2.75, 3.05) is 18.0 Å². The Morgan fingerprint density at radius 3 is 2.63 bits per heavy atom. The monoisotopic (exact) mass is 384 g/mol. The molecule has 3 aromatic rings. The lowest BCUT2D eigenvalue weighted by molar-refractivity contribution is 0.198. The zero-order valence-corrected chi connectivity index (χ0v) is 15.0. The molecule has 138 valence electrons. The first-order valence-electron chi connectivity index (χ1n) is 8.46. The molecule has 0 radical (unpaired) electrons. The number of nitrogens with zero attached hydrogens (tertiary/aromatic N) is 4. The number of halogens is 1. The van der Waals surface area contributed by atoms with Crippen LogP contribution in [0.15, 0.2) is 42.6 Å². The van der Waals surface area contributed by atoms with E-state index in [0.29, 0.717) is 47.2 Å². The van der Waals surface area contributed by atoms with Crippen molar-refractivity contribution in [3.05, 3.63) is 47.6 Å². The van der Waals surface area contributed by atoms with Gasteiger partial charge in [0.25, 0.3) is 0 Å². The maximum atomic E-state index is 10.3. The number of phenolic OH excluding ortho intramolecular Hbond substituents is 1. The van der Waals surface area contributed by atoms with E-state index < -0.39 is 6.10 Å². The van der Waals surface area contributed by atoms with E-state index in [9.17, 15) is 15.3 Å². The molecule has 0 saturated carbocycles. The van der Waals surface area contributed by atoms with Crippen LogP contribution < -0.4 is 4.90 Å². The number of aromatic nitrogens is 3. The van der Waals surface area contributed by atoms with Crippen LogP contribution in [-0.2, 0) is 0 Å². The van der Waals surface area contributed by atoms with Gasteiger partial charge in [0.15, 0.2) is 5.82 Å². The molecule has 1 atom stereocenters. The van der Waals surface area contributed by atoms with E-state index in [1.165, 1.54) is 12.3 Å². The van der Waals surface area contributed by atoms with Gasteiger partial charge < -0.3 is 20.2 Å². The summed E-state index contributed by atoms with van der Waals surface area (Å²) in [5.74, 6) is 0.699. The number of phenols is 1. The summed E-state index contributed by atoms with van der Waals surface area (Å²) in [5.41, 5.74) is 1.36. The van der Waals surface area contributed by atoms with Crippen molar-refractivity contribution < 1.29 is 15.3 Å². The Hall–Kier alpha value is -2.90. The number of aromatic hydroxyl groups is 2. The molecule has 1 saturated heterocycles. The van der Waals surface area contributed by atoms with Crippen LogP contribution in [0.5, 0.6) is 11.6 Å². The van der Waals surface area contributed by atoms with Crippen LogP contribution in [0.4, 0.5) is 5.82 Å². The van der Waals surface area contributed by atoms with Gasteiger partial charge in [-0.05, 0) is 36.8 Å². The van der Waals surface area contributed by atoms with Gasteiger partial charge in [0, 0.05) is 35.9 Å². The predicted octanol–water partition coefficient (Wildman–Crippen LogP) is 2.84. The zero-order valence-electron chi connectivity index (χ0n) is 14.2. The number of hydrogen-bond donors (Lipinski definition) is 3. The SMILES string of the molecule is Oc1cc(Cl)ccc1-c1cc(N2CC[C@H](O)C2)nc(-c2cccnc2O)n1. The summed E-state index contributed by atoms with van der Waals surface area (Å²) in [7, 11) is 0. The molecule has 0 unspecified atom stereocenters. The summed E-state index contributed by atoms with van der Waals surface area (Å²) in [5, 5.41) is 30.7. The molecule has 27 heavy (non-hydrogen) atoms. The molecule has 1 aromatic carbocycles. The van der Waals surface area contributed by atoms with Gasteiger partial charge in [0.1, 0.15) is 11.6 Å². The summed E-state index contributed by atoms with van der Waals surface area (Å²) in [6.07, 6.45) is 1.72. The number of β-amino-alcohol motifs (C(OH)–C–C–N with tert-alkyl or cyclic N) is 1. The number of aliphatic hydroxyl groups is 1. The maximum absolute atomic E-state index is 10.3. The largest absolute Gasteiger partial charge is 0.507 e. The third-order valence-electron chi connectivity index (χ3n) is 4.46. The smallest absolute Gasteiger partial charge is 0.222 e. The second kappa shape index (κ2) is 7.02. The number of rotatable bonds is 3. The Bertz CT molecular complexity index is 998. The minimum absolute atomic E-state index is 0.00466. The van der Waals surface area contributed by atoms with E-state index in [0.717, 1.165) is 0 Å². The molecule has 8 heteroatoms. The average Bonchev–Trinajstić information content (AvgIpc) is 3.08. The number of hydrogen-bond acceptors (Lipinski definition) is 7. The van der Waals surface area contributed by atoms with E-state index in [4.69, 9.17) is 11.6 Å². The van der Waals surface area contributed by atoms with Gasteiger partial charge in [-0.25, -0.2) is 15.0 Å². The number of pyridine rings is 1. The number of anilines is 1. The molecule has 4 rings (SSSR count). The molecule has 3 N–H and O–H groups in total. The highest BCUT2D eigenvalue weighted by Crippen LogP contribution is 2.35. The third-order valence-corrected chi connectivity index (χ3v) is 4.70. The van der Waals surface area contributed by atoms with Crippen molar-refractivity contribution in [1.82, 2.24) is 15.0 Å². The Kier molecular flexibility index (Phi) is 4.55. The minimum Gasteiger partial charge on any atom is -0.507 e. The third kappa shape index (κ3) is 3.51. The van der Waals surface area contributed by atoms with Crippen LogP contribution in [0.3, 0.4) is 0 Å². The van der Waals surface area contributed by atoms with Crippen molar-refractivity contribution in [3.63, 3.8) is 0 Å². The molecule has 0 aliphatic carbocycles. The van der Waals surface area contributed by atoms with Gasteiger partial charge in [-0.1, -0.05) is 11.6 Å². The second-order valence-corrected chi connectivity index (χ2v) is 6.80. The maximum Gasteiger partial charge on any atom is 0.222 e. The highest BCUT2D eigenvalue weighted by molar-refractivity contribution is 6.30. The standard InChI is InChI=1S/C19H17ClN4O3/c20-11-3-4-13(16(26)8-11)15-9-17(24-7-5-12(25)10-24)23-18(22-15)14-2-1-6-21-19(14)27/h1-4,6,8-9,12,25-26H,5,7,10H2,(H,21,27)/t12-/m0/s1. The fraction of sp³-hybridized carbons (Fsp3) is 0.211. The highest BCUT2D eigenvalue weighted by atomic mass is 35.5. The fourth-order valence-corrected chi connectivity index (χ4v) is 3.26. The van der Waals surface area contributed by atoms with Gasteiger partial charge in [-0.15, -0.1) is 0 Å². The lowest BCUT2D eigenvalue weighted by Gasteiger charge is -2.19. The molecular formula is C19H17ClN4O3. The molecule has 1 aliphatic heterocycles. The van der Waals surface area contributed by atoms with E-state index in [-0.39, 0.29) is 17.5 Å². The summed E-state index contributed by atoms with van der Waals surface area (Å²) in [6.45, 7) is 1.12. The van der Waals surface area contributed by atoms with Crippen molar-refractivity contribution in [2.24, 2.45) is 0 Å². The first-order chi connectivity index (χ1) is 13.0. The lowest BCUT2D eigenvalue weighted by atomic mass is 10.1. The van der Waals surface area contributed by atoms with Crippen LogP contribution in [0.25, 0.3) is 22.6 Å². The number of aliphatic hydroxyl groups excluding tert-OH is 1. The Morgan fingerprint density at radius 2 is 1.93 bits per heavy atom. The first kappa shape index (κ1) is 17.5. The first-order valence-corrected chi connectivity index (χ1v) is 8.84. The van der Waals surface area contributed by atoms with Crippen molar-refractivity contribution in [3.8, 4) is 34.3 Å². The van der Waals surface area contributed by atoms with Crippen LogP contribution in [0.1, 0.15) is 6.42 Å². The topological polar surface area (TPSA) is 103 Å². The Morgan fingerprint density at radius 1 is 1.07 bits per heavy atom. The molecule has 1 aliphatic rings. The summed E-state index contributed by atoms with van der Waals surface area (Å²) in [4.78, 5) is 14.9. The molecule has 1 fully saturated rings. The Balaban J connectivity index is 1.88. The lowest BCUT2D eigenvalue weighted by Crippen LogP contribution is -2.22. The molecule has 7 nitrogen and oxygen atoms in total. The normalized spacial score (nSPS) is 16.7.